The summed E-state index contributed by atoms with van der Waals surface area (Å²) in [7, 11) is -3.82. The maximum atomic E-state index is 12.0. The molecule has 1 unspecified atom stereocenters. The molecule has 1 heterocycles. The van der Waals surface area contributed by atoms with Crippen LogP contribution >= 0.6 is 0 Å². The first kappa shape index (κ1) is 13.8. The van der Waals surface area contributed by atoms with Gasteiger partial charge in [0.25, 0.3) is 0 Å². The summed E-state index contributed by atoms with van der Waals surface area (Å²) in [5, 5.41) is 18.2. The molecule has 7 nitrogen and oxygen atoms in total. The molecular formula is C11H13NO6S. The Morgan fingerprint density at radius 3 is 2.74 bits per heavy atom. The van der Waals surface area contributed by atoms with Crippen LogP contribution in [0.5, 0.6) is 5.75 Å². The Morgan fingerprint density at radius 1 is 1.42 bits per heavy atom. The van der Waals surface area contributed by atoms with Gasteiger partial charge in [-0.05, 0) is 24.6 Å². The van der Waals surface area contributed by atoms with E-state index in [1.165, 1.54) is 0 Å². The van der Waals surface area contributed by atoms with Crippen molar-refractivity contribution in [3.05, 3.63) is 23.8 Å². The third kappa shape index (κ3) is 3.03. The van der Waals surface area contributed by atoms with Gasteiger partial charge in [0.15, 0.2) is 0 Å². The first-order valence-corrected chi connectivity index (χ1v) is 7.05. The van der Waals surface area contributed by atoms with Gasteiger partial charge in [-0.25, -0.2) is 17.9 Å². The van der Waals surface area contributed by atoms with Crippen molar-refractivity contribution in [1.29, 1.82) is 0 Å². The Balaban J connectivity index is 2.29. The van der Waals surface area contributed by atoms with E-state index in [0.29, 0.717) is 19.6 Å². The first-order valence-electron chi connectivity index (χ1n) is 5.56. The van der Waals surface area contributed by atoms with Crippen molar-refractivity contribution < 1.29 is 28.2 Å². The van der Waals surface area contributed by atoms with Gasteiger partial charge in [0.05, 0.1) is 11.5 Å². The predicted molar refractivity (Wildman–Crippen MR) is 64.6 cm³/mol. The summed E-state index contributed by atoms with van der Waals surface area (Å²) in [4.78, 5) is 10.7. The molecule has 2 rings (SSSR count). The lowest BCUT2D eigenvalue weighted by Gasteiger charge is -2.12. The van der Waals surface area contributed by atoms with Crippen molar-refractivity contribution in [2.45, 2.75) is 17.4 Å². The number of phenols is 1. The monoisotopic (exact) mass is 287 g/mol. The standard InChI is InChI=1S/C11H13NO6S/c13-10-2-1-8(5-9(10)11(14)15)19(16,17)12-7-3-4-18-6-7/h1-2,5,7,12-13H,3-4,6H2,(H,14,15). The van der Waals surface area contributed by atoms with Gasteiger partial charge in [-0.15, -0.1) is 0 Å². The second-order valence-corrected chi connectivity index (χ2v) is 5.88. The molecule has 0 spiro atoms. The number of aromatic carboxylic acids is 1. The van der Waals surface area contributed by atoms with E-state index in [2.05, 4.69) is 4.72 Å². The quantitative estimate of drug-likeness (QED) is 0.727. The van der Waals surface area contributed by atoms with E-state index in [1.807, 2.05) is 0 Å². The zero-order valence-corrected chi connectivity index (χ0v) is 10.7. The summed E-state index contributed by atoms with van der Waals surface area (Å²) in [5.74, 6) is -1.87. The minimum Gasteiger partial charge on any atom is -0.507 e. The molecule has 8 heteroatoms. The number of carboxylic acid groups (broad SMARTS) is 1. The number of carbonyl (C=O) groups is 1. The Kier molecular flexibility index (Phi) is 3.74. The lowest BCUT2D eigenvalue weighted by atomic mass is 10.2. The van der Waals surface area contributed by atoms with Crippen LogP contribution in [0.4, 0.5) is 0 Å². The number of sulfonamides is 1. The SMILES string of the molecule is O=C(O)c1cc(S(=O)(=O)NC2CCOC2)ccc1O. The molecule has 0 aliphatic carbocycles. The summed E-state index contributed by atoms with van der Waals surface area (Å²) in [6, 6.07) is 2.81. The van der Waals surface area contributed by atoms with Gasteiger partial charge in [0.2, 0.25) is 10.0 Å². The summed E-state index contributed by atoms with van der Waals surface area (Å²) in [6.07, 6.45) is 0.573. The number of nitrogens with one attached hydrogen (secondary N) is 1. The maximum absolute atomic E-state index is 12.0. The van der Waals surface area contributed by atoms with Gasteiger partial charge >= 0.3 is 5.97 Å². The van der Waals surface area contributed by atoms with Crippen LogP contribution < -0.4 is 4.72 Å². The predicted octanol–water partition coefficient (Wildman–Crippen LogP) is 0.158. The number of carboxylic acids is 1. The summed E-state index contributed by atoms with van der Waals surface area (Å²) >= 11 is 0. The van der Waals surface area contributed by atoms with Crippen LogP contribution in [0.1, 0.15) is 16.8 Å². The fourth-order valence-corrected chi connectivity index (χ4v) is 3.05. The van der Waals surface area contributed by atoms with Crippen molar-refractivity contribution in [3.8, 4) is 5.75 Å². The van der Waals surface area contributed by atoms with E-state index >= 15 is 0 Å². The lowest BCUT2D eigenvalue weighted by molar-refractivity contribution is 0.0693. The third-order valence-electron chi connectivity index (χ3n) is 2.76. The summed E-state index contributed by atoms with van der Waals surface area (Å²) in [6.45, 7) is 0.784. The molecule has 1 aliphatic rings. The second-order valence-electron chi connectivity index (χ2n) is 4.17. The molecule has 1 saturated heterocycles. The second kappa shape index (κ2) is 5.16. The van der Waals surface area contributed by atoms with Crippen LogP contribution in [0.3, 0.4) is 0 Å². The van der Waals surface area contributed by atoms with Crippen molar-refractivity contribution in [1.82, 2.24) is 4.72 Å². The first-order chi connectivity index (χ1) is 8.90. The Morgan fingerprint density at radius 2 is 2.16 bits per heavy atom. The highest BCUT2D eigenvalue weighted by Gasteiger charge is 2.24. The molecule has 3 N–H and O–H groups in total. The molecule has 1 atom stereocenters. The number of benzene rings is 1. The minimum absolute atomic E-state index is 0.199. The minimum atomic E-state index is -3.82. The van der Waals surface area contributed by atoms with Gasteiger partial charge in [-0.3, -0.25) is 0 Å². The third-order valence-corrected chi connectivity index (χ3v) is 4.28. The highest BCUT2D eigenvalue weighted by molar-refractivity contribution is 7.89. The van der Waals surface area contributed by atoms with Crippen LogP contribution in [0.2, 0.25) is 0 Å². The molecule has 0 amide bonds. The molecule has 1 aromatic rings. The van der Waals surface area contributed by atoms with Crippen LogP contribution in [0, 0.1) is 0 Å². The van der Waals surface area contributed by atoms with Gasteiger partial charge in [-0.2, -0.15) is 0 Å². The molecular weight excluding hydrogens is 274 g/mol. The van der Waals surface area contributed by atoms with E-state index in [9.17, 15) is 18.3 Å². The molecule has 1 aromatic carbocycles. The number of rotatable bonds is 4. The van der Waals surface area contributed by atoms with E-state index in [1.54, 1.807) is 0 Å². The molecule has 0 aromatic heterocycles. The van der Waals surface area contributed by atoms with E-state index in [4.69, 9.17) is 9.84 Å². The number of hydrogen-bond donors (Lipinski definition) is 3. The van der Waals surface area contributed by atoms with Crippen molar-refractivity contribution in [2.24, 2.45) is 0 Å². The zero-order valence-electron chi connectivity index (χ0n) is 9.87. The molecule has 1 aliphatic heterocycles. The highest BCUT2D eigenvalue weighted by atomic mass is 32.2. The Bertz CT molecular complexity index is 591. The van der Waals surface area contributed by atoms with Crippen LogP contribution in [0.15, 0.2) is 23.1 Å². The van der Waals surface area contributed by atoms with Gasteiger partial charge in [0, 0.05) is 12.6 Å². The van der Waals surface area contributed by atoms with Crippen molar-refractivity contribution in [2.75, 3.05) is 13.2 Å². The highest BCUT2D eigenvalue weighted by Crippen LogP contribution is 2.21. The number of aromatic hydroxyl groups is 1. The maximum Gasteiger partial charge on any atom is 0.339 e. The van der Waals surface area contributed by atoms with Crippen molar-refractivity contribution >= 4 is 16.0 Å². The molecule has 19 heavy (non-hydrogen) atoms. The fraction of sp³-hybridized carbons (Fsp3) is 0.364. The molecule has 0 bridgehead atoms. The van der Waals surface area contributed by atoms with Crippen LogP contribution in [-0.4, -0.2) is 43.9 Å². The van der Waals surface area contributed by atoms with Gasteiger partial charge in [-0.1, -0.05) is 0 Å². The molecule has 1 fully saturated rings. The van der Waals surface area contributed by atoms with E-state index in [-0.39, 0.29) is 10.9 Å². The van der Waals surface area contributed by atoms with Crippen LogP contribution in [0.25, 0.3) is 0 Å². The van der Waals surface area contributed by atoms with Gasteiger partial charge < -0.3 is 14.9 Å². The average Bonchev–Trinajstić information content (AvgIpc) is 2.80. The van der Waals surface area contributed by atoms with E-state index < -0.39 is 27.3 Å². The van der Waals surface area contributed by atoms with Gasteiger partial charge in [0.1, 0.15) is 11.3 Å². The summed E-state index contributed by atoms with van der Waals surface area (Å²) < 4.78 is 31.6. The topological polar surface area (TPSA) is 113 Å². The number of ether oxygens (including phenoxy) is 1. The molecule has 104 valence electrons. The Labute approximate surface area is 109 Å². The molecule has 0 saturated carbocycles. The lowest BCUT2D eigenvalue weighted by Crippen LogP contribution is -2.35. The average molecular weight is 287 g/mol. The normalized spacial score (nSPS) is 19.5. The largest absolute Gasteiger partial charge is 0.507 e. The van der Waals surface area contributed by atoms with E-state index in [0.717, 1.165) is 18.2 Å². The van der Waals surface area contributed by atoms with Crippen LogP contribution in [-0.2, 0) is 14.8 Å². The zero-order chi connectivity index (χ0) is 14.0. The molecule has 0 radical (unpaired) electrons. The number of hydrogen-bond acceptors (Lipinski definition) is 5. The fourth-order valence-electron chi connectivity index (χ4n) is 1.77. The van der Waals surface area contributed by atoms with Crippen molar-refractivity contribution in [3.63, 3.8) is 0 Å². The smallest absolute Gasteiger partial charge is 0.339 e. The Hall–Kier alpha value is -1.64. The summed E-state index contributed by atoms with van der Waals surface area (Å²) in [5.41, 5.74) is -0.453.